The van der Waals surface area contributed by atoms with Crippen molar-refractivity contribution in [3.63, 3.8) is 0 Å². The highest BCUT2D eigenvalue weighted by Gasteiger charge is 2.30. The summed E-state index contributed by atoms with van der Waals surface area (Å²) < 4.78 is 31.0. The van der Waals surface area contributed by atoms with Gasteiger partial charge in [0.25, 0.3) is 0 Å². The number of likely N-dealkylation sites (tertiary alicyclic amines) is 1. The fourth-order valence-electron chi connectivity index (χ4n) is 4.52. The topological polar surface area (TPSA) is 129 Å². The molecule has 0 saturated carbocycles. The zero-order chi connectivity index (χ0) is 24.9. The average molecular weight is 498 g/mol. The number of pyridine rings is 3. The number of halogens is 1. The lowest BCUT2D eigenvalue weighted by atomic mass is 10.1. The Morgan fingerprint density at radius 1 is 1.22 bits per heavy atom. The lowest BCUT2D eigenvalue weighted by molar-refractivity contribution is 0.147. The SMILES string of the molecule is COc1ccc2ncc(F)c(CCN3C/C(=N\ON)[C@H](CNCc4cc5c(cn4)OCCO5)C3)c2n1. The third-order valence-electron chi connectivity index (χ3n) is 6.32. The first kappa shape index (κ1) is 24.1. The molecule has 0 aromatic carbocycles. The highest BCUT2D eigenvalue weighted by Crippen LogP contribution is 2.29. The quantitative estimate of drug-likeness (QED) is 0.419. The average Bonchev–Trinajstić information content (AvgIpc) is 3.29. The molecule has 5 rings (SSSR count). The molecule has 3 aromatic rings. The normalized spacial score (nSPS) is 18.6. The molecule has 1 atom stereocenters. The van der Waals surface area contributed by atoms with Crippen molar-refractivity contribution in [3.05, 3.63) is 47.7 Å². The van der Waals surface area contributed by atoms with Crippen LogP contribution in [0.25, 0.3) is 11.0 Å². The molecule has 0 unspecified atom stereocenters. The van der Waals surface area contributed by atoms with Crippen molar-refractivity contribution in [1.82, 2.24) is 25.2 Å². The van der Waals surface area contributed by atoms with Gasteiger partial charge in [0, 0.05) is 56.3 Å². The van der Waals surface area contributed by atoms with Crippen molar-refractivity contribution in [2.75, 3.05) is 46.5 Å². The number of aromatic nitrogens is 3. The molecular weight excluding hydrogens is 469 g/mol. The summed E-state index contributed by atoms with van der Waals surface area (Å²) >= 11 is 0. The van der Waals surface area contributed by atoms with Crippen molar-refractivity contribution in [3.8, 4) is 17.4 Å². The van der Waals surface area contributed by atoms with E-state index in [1.807, 2.05) is 6.07 Å². The van der Waals surface area contributed by atoms with Crippen LogP contribution in [0.5, 0.6) is 17.4 Å². The van der Waals surface area contributed by atoms with Crippen LogP contribution < -0.4 is 25.4 Å². The fraction of sp³-hybridized carbons (Fsp3) is 0.417. The number of nitrogens with one attached hydrogen (secondary N) is 1. The molecule has 0 amide bonds. The highest BCUT2D eigenvalue weighted by atomic mass is 19.1. The van der Waals surface area contributed by atoms with E-state index in [9.17, 15) is 4.39 Å². The maximum absolute atomic E-state index is 14.7. The number of nitrogens with zero attached hydrogens (tertiary/aromatic N) is 5. The fourth-order valence-corrected chi connectivity index (χ4v) is 4.52. The van der Waals surface area contributed by atoms with Crippen molar-refractivity contribution in [2.45, 2.75) is 13.0 Å². The first-order chi connectivity index (χ1) is 17.6. The third kappa shape index (κ3) is 5.30. The molecule has 190 valence electrons. The number of fused-ring (bicyclic) bond motifs is 2. The molecule has 36 heavy (non-hydrogen) atoms. The lowest BCUT2D eigenvalue weighted by Crippen LogP contribution is -2.29. The van der Waals surface area contributed by atoms with Gasteiger partial charge < -0.3 is 24.5 Å². The summed E-state index contributed by atoms with van der Waals surface area (Å²) in [5.41, 5.74) is 3.34. The Balaban J connectivity index is 1.20. The van der Waals surface area contributed by atoms with E-state index in [2.05, 4.69) is 35.3 Å². The van der Waals surface area contributed by atoms with Crippen LogP contribution in [0.3, 0.4) is 0 Å². The Labute approximate surface area is 207 Å². The van der Waals surface area contributed by atoms with Crippen LogP contribution in [0, 0.1) is 11.7 Å². The number of nitrogens with two attached hydrogens (primary N) is 1. The molecule has 0 aliphatic carbocycles. The van der Waals surface area contributed by atoms with Crippen molar-refractivity contribution in [2.24, 2.45) is 17.0 Å². The van der Waals surface area contributed by atoms with Crippen LogP contribution >= 0.6 is 0 Å². The number of oxime groups is 1. The molecule has 0 spiro atoms. The molecule has 2 aliphatic rings. The largest absolute Gasteiger partial charge is 0.486 e. The second-order valence-electron chi connectivity index (χ2n) is 8.63. The van der Waals surface area contributed by atoms with Crippen molar-refractivity contribution in [1.29, 1.82) is 0 Å². The van der Waals surface area contributed by atoms with Crippen LogP contribution in [0.4, 0.5) is 4.39 Å². The van der Waals surface area contributed by atoms with Gasteiger partial charge in [0.2, 0.25) is 5.88 Å². The third-order valence-corrected chi connectivity index (χ3v) is 6.32. The Morgan fingerprint density at radius 2 is 2.08 bits per heavy atom. The summed E-state index contributed by atoms with van der Waals surface area (Å²) in [4.78, 5) is 19.8. The summed E-state index contributed by atoms with van der Waals surface area (Å²) in [7, 11) is 1.53. The van der Waals surface area contributed by atoms with Crippen LogP contribution in [-0.2, 0) is 17.9 Å². The standard InChI is InChI=1S/C24H28FN7O4/c1-33-23-3-2-19-24(30-23)17(18(25)11-29-19)4-5-32-13-15(20(14-32)31-36-26)9-27-10-16-8-21-22(12-28-16)35-7-6-34-21/h2-3,8,11-12,15,27H,4-7,9-10,13-14,26H2,1H3/b31-20+/t15-/m1/s1. The molecule has 11 nitrogen and oxygen atoms in total. The van der Waals surface area contributed by atoms with Crippen molar-refractivity contribution >= 4 is 16.7 Å². The second kappa shape index (κ2) is 11.0. The molecule has 2 aliphatic heterocycles. The maximum atomic E-state index is 14.7. The Kier molecular flexibility index (Phi) is 7.35. The maximum Gasteiger partial charge on any atom is 0.213 e. The molecule has 1 fully saturated rings. The summed E-state index contributed by atoms with van der Waals surface area (Å²) in [6, 6.07) is 5.38. The second-order valence-corrected chi connectivity index (χ2v) is 8.63. The minimum Gasteiger partial charge on any atom is -0.486 e. The lowest BCUT2D eigenvalue weighted by Gasteiger charge is -2.18. The van der Waals surface area contributed by atoms with E-state index in [-0.39, 0.29) is 11.7 Å². The van der Waals surface area contributed by atoms with Gasteiger partial charge in [-0.25, -0.2) is 9.37 Å². The van der Waals surface area contributed by atoms with E-state index in [1.54, 1.807) is 18.3 Å². The molecule has 0 bridgehead atoms. The van der Waals surface area contributed by atoms with E-state index >= 15 is 0 Å². The number of hydrogen-bond acceptors (Lipinski definition) is 11. The van der Waals surface area contributed by atoms with Gasteiger partial charge in [-0.2, -0.15) is 0 Å². The van der Waals surface area contributed by atoms with E-state index < -0.39 is 0 Å². The predicted octanol–water partition coefficient (Wildman–Crippen LogP) is 1.45. The van der Waals surface area contributed by atoms with E-state index in [0.29, 0.717) is 79.8 Å². The molecular formula is C24H28FN7O4. The van der Waals surface area contributed by atoms with Gasteiger partial charge >= 0.3 is 0 Å². The number of methoxy groups -OCH3 is 1. The Bertz CT molecular complexity index is 1260. The molecule has 5 heterocycles. The van der Waals surface area contributed by atoms with Crippen molar-refractivity contribution < 1.29 is 23.5 Å². The molecule has 3 aromatic heterocycles. The van der Waals surface area contributed by atoms with Gasteiger partial charge in [-0.05, 0) is 12.5 Å². The monoisotopic (exact) mass is 497 g/mol. The number of hydrogen-bond donors (Lipinski definition) is 2. The molecule has 3 N–H and O–H groups in total. The Hall–Kier alpha value is -3.61. The minimum atomic E-state index is -0.383. The summed E-state index contributed by atoms with van der Waals surface area (Å²) in [5.74, 6) is 6.74. The summed E-state index contributed by atoms with van der Waals surface area (Å²) in [6.45, 7) is 4.19. The van der Waals surface area contributed by atoms with Gasteiger partial charge in [-0.3, -0.25) is 14.9 Å². The number of rotatable bonds is 9. The molecule has 12 heteroatoms. The Morgan fingerprint density at radius 3 is 2.92 bits per heavy atom. The van der Waals surface area contributed by atoms with E-state index in [4.69, 9.17) is 20.1 Å². The van der Waals surface area contributed by atoms with Gasteiger partial charge in [-0.1, -0.05) is 5.16 Å². The van der Waals surface area contributed by atoms with Crippen LogP contribution in [0.1, 0.15) is 11.3 Å². The zero-order valence-corrected chi connectivity index (χ0v) is 19.9. The first-order valence-corrected chi connectivity index (χ1v) is 11.7. The van der Waals surface area contributed by atoms with Gasteiger partial charge in [0.05, 0.1) is 41.9 Å². The van der Waals surface area contributed by atoms with Crippen LogP contribution in [-0.4, -0.2) is 72.1 Å². The smallest absolute Gasteiger partial charge is 0.213 e. The molecule has 0 radical (unpaired) electrons. The van der Waals surface area contributed by atoms with Crippen LogP contribution in [0.15, 0.2) is 35.7 Å². The van der Waals surface area contributed by atoms with Gasteiger partial charge in [0.1, 0.15) is 19.0 Å². The van der Waals surface area contributed by atoms with E-state index in [0.717, 1.165) is 18.0 Å². The molecule has 1 saturated heterocycles. The number of ether oxygens (including phenoxy) is 3. The highest BCUT2D eigenvalue weighted by molar-refractivity contribution is 5.90. The van der Waals surface area contributed by atoms with Gasteiger partial charge in [0.15, 0.2) is 11.5 Å². The summed E-state index contributed by atoms with van der Waals surface area (Å²) in [5, 5.41) is 7.46. The van der Waals surface area contributed by atoms with Crippen LogP contribution in [0.2, 0.25) is 0 Å². The summed E-state index contributed by atoms with van der Waals surface area (Å²) in [6.07, 6.45) is 3.39. The van der Waals surface area contributed by atoms with E-state index in [1.165, 1.54) is 13.3 Å². The minimum absolute atomic E-state index is 0.0861. The zero-order valence-electron chi connectivity index (χ0n) is 19.9. The predicted molar refractivity (Wildman–Crippen MR) is 129 cm³/mol. The van der Waals surface area contributed by atoms with Gasteiger partial charge in [-0.15, -0.1) is 5.90 Å². The first-order valence-electron chi connectivity index (χ1n) is 11.7.